The first kappa shape index (κ1) is 18.9. The summed E-state index contributed by atoms with van der Waals surface area (Å²) in [5, 5.41) is 7.94. The highest BCUT2D eigenvalue weighted by atomic mass is 16.5. The van der Waals surface area contributed by atoms with Crippen LogP contribution in [0.15, 0.2) is 30.6 Å². The maximum atomic E-state index is 5.96. The van der Waals surface area contributed by atoms with E-state index in [-0.39, 0.29) is 12.1 Å². The van der Waals surface area contributed by atoms with Crippen molar-refractivity contribution >= 4 is 0 Å². The highest BCUT2D eigenvalue weighted by molar-refractivity contribution is 5.38. The van der Waals surface area contributed by atoms with E-state index in [9.17, 15) is 0 Å². The number of nitrogens with zero attached hydrogens (tertiary/aromatic N) is 2. The molecule has 26 heavy (non-hydrogen) atoms. The predicted molar refractivity (Wildman–Crippen MR) is 100 cm³/mol. The number of rotatable bonds is 8. The Morgan fingerprint density at radius 1 is 1.38 bits per heavy atom. The molecule has 1 fully saturated rings. The molecule has 2 aromatic rings. The molecule has 0 aliphatic carbocycles. The van der Waals surface area contributed by atoms with Crippen LogP contribution in [0.4, 0.5) is 0 Å². The molecule has 0 spiro atoms. The smallest absolute Gasteiger partial charge is 0.124 e. The number of nitrogens with one attached hydrogen (secondary N) is 1. The van der Waals surface area contributed by atoms with Gasteiger partial charge in [-0.15, -0.1) is 0 Å². The quantitative estimate of drug-likeness (QED) is 0.785. The second-order valence-corrected chi connectivity index (χ2v) is 6.92. The first-order valence-corrected chi connectivity index (χ1v) is 9.11. The van der Waals surface area contributed by atoms with Gasteiger partial charge in [0.05, 0.1) is 26.0 Å². The van der Waals surface area contributed by atoms with E-state index in [2.05, 4.69) is 29.5 Å². The first-order chi connectivity index (χ1) is 12.6. The molecule has 142 valence electrons. The van der Waals surface area contributed by atoms with Crippen LogP contribution in [0, 0.1) is 5.92 Å². The summed E-state index contributed by atoms with van der Waals surface area (Å²) < 4.78 is 18.5. The van der Waals surface area contributed by atoms with E-state index < -0.39 is 0 Å². The molecule has 6 heteroatoms. The van der Waals surface area contributed by atoms with Crippen molar-refractivity contribution < 1.29 is 14.2 Å². The number of aryl methyl sites for hydroxylation is 1. The summed E-state index contributed by atoms with van der Waals surface area (Å²) in [6, 6.07) is 6.52. The Bertz CT molecular complexity index is 716. The van der Waals surface area contributed by atoms with Crippen LogP contribution in [0.3, 0.4) is 0 Å². The summed E-state index contributed by atoms with van der Waals surface area (Å²) in [4.78, 5) is 0. The Balaban J connectivity index is 1.63. The maximum absolute atomic E-state index is 5.96. The number of hydrogen-bond donors (Lipinski definition) is 1. The fourth-order valence-electron chi connectivity index (χ4n) is 3.58. The lowest BCUT2D eigenvalue weighted by molar-refractivity contribution is 0.0899. The third-order valence-corrected chi connectivity index (χ3v) is 5.06. The fraction of sp³-hybridized carbons (Fsp3) is 0.550. The average molecular weight is 359 g/mol. The van der Waals surface area contributed by atoms with E-state index in [1.165, 1.54) is 5.56 Å². The van der Waals surface area contributed by atoms with Gasteiger partial charge in [-0.1, -0.05) is 6.07 Å². The lowest BCUT2D eigenvalue weighted by Gasteiger charge is -2.22. The zero-order chi connectivity index (χ0) is 18.5. The third kappa shape index (κ3) is 4.26. The van der Waals surface area contributed by atoms with Gasteiger partial charge in [0.15, 0.2) is 0 Å². The SMILES string of the molecule is COCc1cc(C(C)NC[C@@H]2CCO[C@H]2c2cnn(C)c2)ccc1OC. The summed E-state index contributed by atoms with van der Waals surface area (Å²) in [6.07, 6.45) is 5.15. The molecule has 1 unspecified atom stereocenters. The Morgan fingerprint density at radius 2 is 2.23 bits per heavy atom. The Labute approximate surface area is 155 Å². The molecule has 0 radical (unpaired) electrons. The molecule has 1 aliphatic rings. The zero-order valence-corrected chi connectivity index (χ0v) is 16.1. The predicted octanol–water partition coefficient (Wildman–Crippen LogP) is 3.00. The molecule has 0 amide bonds. The van der Waals surface area contributed by atoms with Crippen LogP contribution >= 0.6 is 0 Å². The van der Waals surface area contributed by atoms with Crippen LogP contribution < -0.4 is 10.1 Å². The molecular formula is C20H29N3O3. The number of aromatic nitrogens is 2. The van der Waals surface area contributed by atoms with E-state index in [1.807, 2.05) is 30.2 Å². The minimum atomic E-state index is 0.128. The first-order valence-electron chi connectivity index (χ1n) is 9.11. The highest BCUT2D eigenvalue weighted by Crippen LogP contribution is 2.34. The van der Waals surface area contributed by atoms with Crippen molar-refractivity contribution in [2.24, 2.45) is 13.0 Å². The summed E-state index contributed by atoms with van der Waals surface area (Å²) in [7, 11) is 5.33. The van der Waals surface area contributed by atoms with Gasteiger partial charge in [-0.05, 0) is 31.0 Å². The lowest BCUT2D eigenvalue weighted by atomic mass is 9.96. The fourth-order valence-corrected chi connectivity index (χ4v) is 3.58. The van der Waals surface area contributed by atoms with Gasteiger partial charge in [0.25, 0.3) is 0 Å². The number of methoxy groups -OCH3 is 2. The molecule has 1 aromatic carbocycles. The van der Waals surface area contributed by atoms with Crippen molar-refractivity contribution in [1.82, 2.24) is 15.1 Å². The van der Waals surface area contributed by atoms with Crippen LogP contribution in [0.1, 0.15) is 42.2 Å². The molecule has 1 N–H and O–H groups in total. The van der Waals surface area contributed by atoms with Crippen LogP contribution in [0.5, 0.6) is 5.75 Å². The van der Waals surface area contributed by atoms with Crippen molar-refractivity contribution in [3.63, 3.8) is 0 Å². The van der Waals surface area contributed by atoms with E-state index in [0.717, 1.165) is 36.4 Å². The zero-order valence-electron chi connectivity index (χ0n) is 16.1. The van der Waals surface area contributed by atoms with Gasteiger partial charge in [-0.3, -0.25) is 4.68 Å². The van der Waals surface area contributed by atoms with Crippen LogP contribution in [0.25, 0.3) is 0 Å². The van der Waals surface area contributed by atoms with Crippen LogP contribution in [0.2, 0.25) is 0 Å². The monoisotopic (exact) mass is 359 g/mol. The molecule has 0 saturated carbocycles. The average Bonchev–Trinajstić information content (AvgIpc) is 3.28. The molecular weight excluding hydrogens is 330 g/mol. The summed E-state index contributed by atoms with van der Waals surface area (Å²) >= 11 is 0. The van der Waals surface area contributed by atoms with Crippen molar-refractivity contribution in [3.8, 4) is 5.75 Å². The minimum absolute atomic E-state index is 0.128. The van der Waals surface area contributed by atoms with Crippen molar-refractivity contribution in [2.75, 3.05) is 27.4 Å². The largest absolute Gasteiger partial charge is 0.496 e. The van der Waals surface area contributed by atoms with Crippen LogP contribution in [-0.2, 0) is 23.1 Å². The Morgan fingerprint density at radius 3 is 2.92 bits per heavy atom. The Kier molecular flexibility index (Phi) is 6.29. The second-order valence-electron chi connectivity index (χ2n) is 6.92. The Hall–Kier alpha value is -1.89. The van der Waals surface area contributed by atoms with Crippen molar-refractivity contribution in [2.45, 2.75) is 32.1 Å². The highest BCUT2D eigenvalue weighted by Gasteiger charge is 2.30. The minimum Gasteiger partial charge on any atom is -0.496 e. The normalized spacial score (nSPS) is 21.1. The molecule has 1 aromatic heterocycles. The van der Waals surface area contributed by atoms with E-state index in [0.29, 0.717) is 12.5 Å². The molecule has 3 atom stereocenters. The summed E-state index contributed by atoms with van der Waals surface area (Å²) in [6.45, 7) is 4.45. The van der Waals surface area contributed by atoms with Crippen LogP contribution in [-0.4, -0.2) is 37.2 Å². The van der Waals surface area contributed by atoms with Gasteiger partial charge < -0.3 is 19.5 Å². The molecule has 1 saturated heterocycles. The maximum Gasteiger partial charge on any atom is 0.124 e. The summed E-state index contributed by atoms with van der Waals surface area (Å²) in [5.41, 5.74) is 3.46. The summed E-state index contributed by atoms with van der Waals surface area (Å²) in [5.74, 6) is 1.32. The standard InChI is InChI=1S/C20H29N3O3/c1-14(15-5-6-19(25-4)17(9-15)13-24-3)21-10-16-7-8-26-20(16)18-11-22-23(2)12-18/h5-6,9,11-12,14,16,20-21H,7-8,10,13H2,1-4H3/t14?,16-,20+/m0/s1. The van der Waals surface area contributed by atoms with Gasteiger partial charge in [-0.25, -0.2) is 0 Å². The van der Waals surface area contributed by atoms with Gasteiger partial charge >= 0.3 is 0 Å². The third-order valence-electron chi connectivity index (χ3n) is 5.06. The topological polar surface area (TPSA) is 57.5 Å². The lowest BCUT2D eigenvalue weighted by Crippen LogP contribution is -2.27. The number of ether oxygens (including phenoxy) is 3. The second kappa shape index (κ2) is 8.66. The number of hydrogen-bond acceptors (Lipinski definition) is 5. The van der Waals surface area contributed by atoms with Gasteiger partial charge in [0, 0.05) is 56.6 Å². The molecule has 0 bridgehead atoms. The van der Waals surface area contributed by atoms with E-state index in [4.69, 9.17) is 14.2 Å². The molecule has 3 rings (SSSR count). The molecule has 2 heterocycles. The van der Waals surface area contributed by atoms with Crippen molar-refractivity contribution in [3.05, 3.63) is 47.3 Å². The van der Waals surface area contributed by atoms with Gasteiger partial charge in [0.2, 0.25) is 0 Å². The van der Waals surface area contributed by atoms with Gasteiger partial charge in [0.1, 0.15) is 5.75 Å². The molecule has 1 aliphatic heterocycles. The van der Waals surface area contributed by atoms with E-state index >= 15 is 0 Å². The number of benzene rings is 1. The van der Waals surface area contributed by atoms with E-state index in [1.54, 1.807) is 14.2 Å². The molecule has 6 nitrogen and oxygen atoms in total. The van der Waals surface area contributed by atoms with Crippen molar-refractivity contribution in [1.29, 1.82) is 0 Å². The van der Waals surface area contributed by atoms with Gasteiger partial charge in [-0.2, -0.15) is 5.10 Å².